The van der Waals surface area contributed by atoms with Gasteiger partial charge in [-0.3, -0.25) is 9.59 Å². The van der Waals surface area contributed by atoms with Gasteiger partial charge in [-0.2, -0.15) is 0 Å². The summed E-state index contributed by atoms with van der Waals surface area (Å²) in [6, 6.07) is 26.7. The molecular formula is C32H28N2O5. The Morgan fingerprint density at radius 3 is 2.44 bits per heavy atom. The first kappa shape index (κ1) is 24.7. The third-order valence-electron chi connectivity index (χ3n) is 7.54. The van der Waals surface area contributed by atoms with Crippen molar-refractivity contribution >= 4 is 17.4 Å². The molecule has 1 aliphatic carbocycles. The van der Waals surface area contributed by atoms with E-state index in [-0.39, 0.29) is 22.7 Å². The van der Waals surface area contributed by atoms with E-state index >= 15 is 0 Å². The standard InChI is InChI=1S/C32H28N2O5/c1-19(2)22-13-16-24-27(17-22)39-32(37)25-9-6-10-26(33)28(25)29(35)31(24,32)34-30(36)21-11-14-23(15-12-21)38-18-20-7-4-3-5-8-20/h3-17,19,37H,18,33H2,1-2H3,(H,34,36). The van der Waals surface area contributed by atoms with Crippen LogP contribution in [0.2, 0.25) is 0 Å². The third kappa shape index (κ3) is 3.69. The number of ketones is 1. The van der Waals surface area contributed by atoms with Gasteiger partial charge in [0.05, 0.1) is 5.56 Å². The van der Waals surface area contributed by atoms with Crippen LogP contribution >= 0.6 is 0 Å². The molecule has 7 nitrogen and oxygen atoms in total. The fraction of sp³-hybridized carbons (Fsp3) is 0.188. The highest BCUT2D eigenvalue weighted by Gasteiger charge is 2.72. The van der Waals surface area contributed by atoms with E-state index in [0.717, 1.165) is 11.1 Å². The van der Waals surface area contributed by atoms with E-state index in [1.807, 2.05) is 56.3 Å². The molecular weight excluding hydrogens is 492 g/mol. The molecule has 0 bridgehead atoms. The van der Waals surface area contributed by atoms with Gasteiger partial charge in [-0.15, -0.1) is 0 Å². The largest absolute Gasteiger partial charge is 0.489 e. The van der Waals surface area contributed by atoms with Crippen molar-refractivity contribution in [2.45, 2.75) is 37.7 Å². The molecule has 0 aromatic heterocycles. The van der Waals surface area contributed by atoms with Gasteiger partial charge in [-0.1, -0.05) is 68.4 Å². The number of nitrogen functional groups attached to an aromatic ring is 1. The number of fused-ring (bicyclic) bond motifs is 5. The summed E-state index contributed by atoms with van der Waals surface area (Å²) in [5, 5.41) is 14.9. The zero-order valence-electron chi connectivity index (χ0n) is 21.6. The second kappa shape index (κ2) is 8.99. The van der Waals surface area contributed by atoms with Crippen LogP contribution in [-0.2, 0) is 17.9 Å². The number of aliphatic hydroxyl groups is 1. The lowest BCUT2D eigenvalue weighted by Gasteiger charge is -2.34. The summed E-state index contributed by atoms with van der Waals surface area (Å²) < 4.78 is 12.0. The number of amides is 1. The number of anilines is 1. The molecule has 6 rings (SSSR count). The van der Waals surface area contributed by atoms with Crippen LogP contribution in [0.15, 0.2) is 91.0 Å². The third-order valence-corrected chi connectivity index (χ3v) is 7.54. The number of rotatable bonds is 6. The summed E-state index contributed by atoms with van der Waals surface area (Å²) in [6.45, 7) is 4.47. The van der Waals surface area contributed by atoms with Gasteiger partial charge in [-0.05, 0) is 53.4 Å². The van der Waals surface area contributed by atoms with E-state index in [1.54, 1.807) is 48.5 Å². The maximum atomic E-state index is 14.1. The minimum atomic E-state index is -2.17. The van der Waals surface area contributed by atoms with Gasteiger partial charge in [0.1, 0.15) is 18.1 Å². The molecule has 0 radical (unpaired) electrons. The van der Waals surface area contributed by atoms with Crippen molar-refractivity contribution in [3.8, 4) is 11.5 Å². The maximum Gasteiger partial charge on any atom is 0.271 e. The van der Waals surface area contributed by atoms with Crippen molar-refractivity contribution in [1.82, 2.24) is 5.32 Å². The molecule has 7 heteroatoms. The minimum absolute atomic E-state index is 0.142. The quantitative estimate of drug-likeness (QED) is 0.308. The molecule has 1 amide bonds. The van der Waals surface area contributed by atoms with E-state index in [2.05, 4.69) is 5.32 Å². The highest BCUT2D eigenvalue weighted by atomic mass is 16.6. The van der Waals surface area contributed by atoms with E-state index < -0.39 is 23.0 Å². The first-order valence-electron chi connectivity index (χ1n) is 12.8. The molecule has 2 unspecified atom stereocenters. The molecule has 196 valence electrons. The van der Waals surface area contributed by atoms with Gasteiger partial charge in [0.2, 0.25) is 11.3 Å². The normalized spacial score (nSPS) is 20.7. The van der Waals surface area contributed by atoms with Crippen LogP contribution in [0.3, 0.4) is 0 Å². The first-order valence-corrected chi connectivity index (χ1v) is 12.8. The fourth-order valence-electron chi connectivity index (χ4n) is 5.43. The molecule has 0 saturated heterocycles. The molecule has 1 aliphatic heterocycles. The second-order valence-electron chi connectivity index (χ2n) is 10.3. The molecule has 1 heterocycles. The molecule has 4 N–H and O–H groups in total. The summed E-state index contributed by atoms with van der Waals surface area (Å²) in [4.78, 5) is 27.7. The van der Waals surface area contributed by atoms with Gasteiger partial charge in [0.15, 0.2) is 0 Å². The predicted molar refractivity (Wildman–Crippen MR) is 147 cm³/mol. The summed E-state index contributed by atoms with van der Waals surface area (Å²) in [7, 11) is 0. The molecule has 0 saturated carbocycles. The Labute approximate surface area is 226 Å². The molecule has 0 fully saturated rings. The summed E-state index contributed by atoms with van der Waals surface area (Å²) >= 11 is 0. The fourth-order valence-corrected chi connectivity index (χ4v) is 5.43. The average Bonchev–Trinajstić information content (AvgIpc) is 3.30. The van der Waals surface area contributed by atoms with Crippen molar-refractivity contribution in [3.05, 3.63) is 124 Å². The molecule has 39 heavy (non-hydrogen) atoms. The van der Waals surface area contributed by atoms with Crippen molar-refractivity contribution < 1.29 is 24.2 Å². The molecule has 4 aromatic rings. The Hall–Kier alpha value is -4.62. The number of nitrogens with two attached hydrogens (primary N) is 1. The van der Waals surface area contributed by atoms with Crippen LogP contribution in [-0.4, -0.2) is 16.8 Å². The van der Waals surface area contributed by atoms with Crippen molar-refractivity contribution in [3.63, 3.8) is 0 Å². The lowest BCUT2D eigenvalue weighted by Crippen LogP contribution is -2.60. The van der Waals surface area contributed by atoms with Crippen LogP contribution in [0.4, 0.5) is 5.69 Å². The van der Waals surface area contributed by atoms with Crippen LogP contribution in [0.5, 0.6) is 11.5 Å². The number of carbonyl (C=O) groups is 2. The van der Waals surface area contributed by atoms with E-state index in [1.165, 1.54) is 0 Å². The molecule has 0 spiro atoms. The van der Waals surface area contributed by atoms with E-state index in [0.29, 0.717) is 29.2 Å². The number of benzene rings is 4. The monoisotopic (exact) mass is 520 g/mol. The number of hydrogen-bond acceptors (Lipinski definition) is 6. The summed E-state index contributed by atoms with van der Waals surface area (Å²) in [5.74, 6) is -2.10. The second-order valence-corrected chi connectivity index (χ2v) is 10.3. The first-order chi connectivity index (χ1) is 18.7. The van der Waals surface area contributed by atoms with Gasteiger partial charge >= 0.3 is 0 Å². The van der Waals surface area contributed by atoms with Gasteiger partial charge < -0.3 is 25.6 Å². The molecule has 2 atom stereocenters. The van der Waals surface area contributed by atoms with Gasteiger partial charge in [-0.25, -0.2) is 0 Å². The average molecular weight is 521 g/mol. The SMILES string of the molecule is CC(C)c1ccc2c(c1)OC1(O)c3cccc(N)c3C(=O)C21NC(=O)c1ccc(OCc2ccccc2)cc1. The highest BCUT2D eigenvalue weighted by molar-refractivity contribution is 6.16. The van der Waals surface area contributed by atoms with Crippen molar-refractivity contribution in [2.24, 2.45) is 0 Å². The predicted octanol–water partition coefficient (Wildman–Crippen LogP) is 5.03. The van der Waals surface area contributed by atoms with Crippen LogP contribution in [0.1, 0.15) is 62.7 Å². The summed E-state index contributed by atoms with van der Waals surface area (Å²) in [6.07, 6.45) is 0. The van der Waals surface area contributed by atoms with Crippen molar-refractivity contribution in [1.29, 1.82) is 0 Å². The zero-order chi connectivity index (χ0) is 27.4. The Morgan fingerprint density at radius 1 is 0.974 bits per heavy atom. The topological polar surface area (TPSA) is 111 Å². The van der Waals surface area contributed by atoms with Crippen LogP contribution < -0.4 is 20.5 Å². The maximum absolute atomic E-state index is 14.1. The van der Waals surface area contributed by atoms with E-state index in [9.17, 15) is 14.7 Å². The number of hydrogen-bond donors (Lipinski definition) is 3. The lowest BCUT2D eigenvalue weighted by atomic mass is 9.82. The number of carbonyl (C=O) groups excluding carboxylic acids is 2. The Kier molecular flexibility index (Phi) is 5.70. The lowest BCUT2D eigenvalue weighted by molar-refractivity contribution is -0.169. The highest BCUT2D eigenvalue weighted by Crippen LogP contribution is 2.59. The van der Waals surface area contributed by atoms with Crippen LogP contribution in [0.25, 0.3) is 0 Å². The van der Waals surface area contributed by atoms with Crippen molar-refractivity contribution in [2.75, 3.05) is 5.73 Å². The Morgan fingerprint density at radius 2 is 1.72 bits per heavy atom. The number of Topliss-reactive ketones (excluding diaryl/α,β-unsaturated/α-hetero) is 1. The van der Waals surface area contributed by atoms with Crippen LogP contribution in [0, 0.1) is 0 Å². The molecule has 2 aliphatic rings. The Balaban J connectivity index is 1.35. The molecule has 4 aromatic carbocycles. The smallest absolute Gasteiger partial charge is 0.271 e. The zero-order valence-corrected chi connectivity index (χ0v) is 21.6. The van der Waals surface area contributed by atoms with Gasteiger partial charge in [0.25, 0.3) is 11.7 Å². The van der Waals surface area contributed by atoms with Gasteiger partial charge in [0, 0.05) is 22.4 Å². The summed E-state index contributed by atoms with van der Waals surface area (Å²) in [5.41, 5.74) is 7.52. The Bertz CT molecular complexity index is 1600. The minimum Gasteiger partial charge on any atom is -0.489 e. The van der Waals surface area contributed by atoms with E-state index in [4.69, 9.17) is 15.2 Å². The number of nitrogens with one attached hydrogen (secondary N) is 1. The number of ether oxygens (including phenoxy) is 2.